The Hall–Kier alpha value is -1.88. The van der Waals surface area contributed by atoms with Gasteiger partial charge in [0.2, 0.25) is 0 Å². The topological polar surface area (TPSA) is 17.3 Å². The van der Waals surface area contributed by atoms with Gasteiger partial charge in [-0.05, 0) is 53.8 Å². The molecule has 2 nitrogen and oxygen atoms in total. The normalized spacial score (nSPS) is 11.5. The maximum absolute atomic E-state index is 4.87. The third kappa shape index (κ3) is 4.21. The number of hydrogen-bond donors (Lipinski definition) is 0. The molecule has 0 bridgehead atoms. The van der Waals surface area contributed by atoms with Crippen LogP contribution in [-0.4, -0.2) is 32.4 Å². The number of rotatable bonds is 2. The van der Waals surface area contributed by atoms with Crippen molar-refractivity contribution in [2.45, 2.75) is 41.0 Å². The summed E-state index contributed by atoms with van der Waals surface area (Å²) in [6.07, 6.45) is 3.07. The molecule has 0 fully saturated rings. The fourth-order valence-corrected chi connectivity index (χ4v) is 4.73. The zero-order valence-electron chi connectivity index (χ0n) is 19.5. The Morgan fingerprint density at radius 1 is 0.938 bits per heavy atom. The van der Waals surface area contributed by atoms with Gasteiger partial charge in [0, 0.05) is 17.3 Å². The molecule has 0 aliphatic carbocycles. The van der Waals surface area contributed by atoms with Crippen LogP contribution in [0.3, 0.4) is 0 Å². The van der Waals surface area contributed by atoms with Crippen molar-refractivity contribution in [3.63, 3.8) is 0 Å². The van der Waals surface area contributed by atoms with Crippen LogP contribution < -0.4 is 17.0 Å². The van der Waals surface area contributed by atoms with Crippen LogP contribution in [-0.2, 0) is 6.42 Å². The number of aromatic nitrogens is 2. The quantitative estimate of drug-likeness (QED) is 0.206. The Balaban J connectivity index is 0.00000144. The molecule has 32 heavy (non-hydrogen) atoms. The van der Waals surface area contributed by atoms with Crippen LogP contribution in [0.15, 0.2) is 60.8 Å². The molecule has 0 saturated carbocycles. The van der Waals surface area contributed by atoms with Crippen LogP contribution in [0.4, 0.5) is 0 Å². The van der Waals surface area contributed by atoms with Gasteiger partial charge in [-0.15, -0.1) is 29.7 Å². The molecule has 3 aromatic carbocycles. The Morgan fingerprint density at radius 2 is 1.66 bits per heavy atom. The predicted octanol–water partition coefficient (Wildman–Crippen LogP) is 3.94. The molecule has 4 heteroatoms. The molecule has 0 spiro atoms. The summed E-state index contributed by atoms with van der Waals surface area (Å²) in [5.74, 6) is 0. The number of pyridine rings is 1. The van der Waals surface area contributed by atoms with Gasteiger partial charge >= 0.3 is 23.1 Å². The summed E-state index contributed by atoms with van der Waals surface area (Å²) in [6.45, 7) is 11.2. The van der Waals surface area contributed by atoms with Gasteiger partial charge in [0.05, 0.1) is 11.3 Å². The van der Waals surface area contributed by atoms with Gasteiger partial charge < -0.3 is 21.4 Å². The van der Waals surface area contributed by atoms with E-state index < -0.39 is 0 Å². The predicted molar refractivity (Wildman–Crippen MR) is 133 cm³/mol. The van der Waals surface area contributed by atoms with E-state index in [1.807, 2.05) is 12.3 Å². The van der Waals surface area contributed by atoms with Crippen molar-refractivity contribution in [1.82, 2.24) is 9.38 Å². The second-order valence-corrected chi connectivity index (χ2v) is 9.62. The first kappa shape index (κ1) is 24.8. The molecule has 0 aliphatic rings. The van der Waals surface area contributed by atoms with E-state index in [2.05, 4.69) is 93.6 Å². The Morgan fingerprint density at radius 3 is 2.34 bits per heavy atom. The Bertz CT molecular complexity index is 1410. The minimum atomic E-state index is 0. The number of nitrogens with zero attached hydrogens (tertiary/aromatic N) is 2. The number of hydrogen-bond acceptors (Lipinski definition) is 1. The van der Waals surface area contributed by atoms with Crippen LogP contribution in [0.25, 0.3) is 38.6 Å². The average molecular weight is 496 g/mol. The Labute approximate surface area is 217 Å². The van der Waals surface area contributed by atoms with E-state index in [-0.39, 0.29) is 45.4 Å². The fourth-order valence-electron chi connectivity index (χ4n) is 4.73. The second kappa shape index (κ2) is 9.16. The first-order chi connectivity index (χ1) is 14.3. The van der Waals surface area contributed by atoms with E-state index in [9.17, 15) is 0 Å². The number of imidazole rings is 1. The van der Waals surface area contributed by atoms with Gasteiger partial charge in [0.1, 0.15) is 0 Å². The van der Waals surface area contributed by atoms with E-state index in [1.165, 1.54) is 38.5 Å². The molecule has 0 amide bonds. The zero-order chi connectivity index (χ0) is 21.0. The van der Waals surface area contributed by atoms with Crippen molar-refractivity contribution in [2.24, 2.45) is 5.41 Å². The average Bonchev–Trinajstić information content (AvgIpc) is 3.12. The SMILES string of the molecule is Cc1cccc(C)c1-c1cnc2c3[c-]cccc3c3cc(CC(C)(C)C)ccc3n12.[Br-].[Mg+2]. The minimum absolute atomic E-state index is 0. The van der Waals surface area contributed by atoms with Gasteiger partial charge in [-0.25, -0.2) is 0 Å². The van der Waals surface area contributed by atoms with Crippen LogP contribution >= 0.6 is 0 Å². The molecule has 0 unspecified atom stereocenters. The maximum atomic E-state index is 4.87. The van der Waals surface area contributed by atoms with Gasteiger partial charge in [0.25, 0.3) is 0 Å². The summed E-state index contributed by atoms with van der Waals surface area (Å²) < 4.78 is 2.32. The van der Waals surface area contributed by atoms with Crippen molar-refractivity contribution in [3.05, 3.63) is 83.6 Å². The third-order valence-corrected chi connectivity index (χ3v) is 5.91. The van der Waals surface area contributed by atoms with Crippen molar-refractivity contribution in [1.29, 1.82) is 0 Å². The standard InChI is InChI=1S/C28H27N2.BrH.Mg/c1-18-9-8-10-19(2)26(18)25-17-29-27-22-12-7-6-11-21(22)23-15-20(16-28(3,4)5)13-14-24(23)30(25)27;;/h6-11,13-15,17H,16H2,1-5H3;1H;/q-1;;+2/p-1. The largest absolute Gasteiger partial charge is 2.00 e. The molecular formula is C28H27BrMgN2. The maximum Gasteiger partial charge on any atom is 2.00 e. The van der Waals surface area contributed by atoms with Gasteiger partial charge in [-0.1, -0.05) is 56.5 Å². The monoisotopic (exact) mass is 494 g/mol. The second-order valence-electron chi connectivity index (χ2n) is 9.62. The van der Waals surface area contributed by atoms with Gasteiger partial charge in [0.15, 0.2) is 0 Å². The van der Waals surface area contributed by atoms with Crippen molar-refractivity contribution < 1.29 is 17.0 Å². The zero-order valence-corrected chi connectivity index (χ0v) is 22.5. The van der Waals surface area contributed by atoms with Gasteiger partial charge in [-0.3, -0.25) is 4.98 Å². The smallest absolute Gasteiger partial charge is 1.00 e. The van der Waals surface area contributed by atoms with Crippen molar-refractivity contribution in [2.75, 3.05) is 0 Å². The summed E-state index contributed by atoms with van der Waals surface area (Å²) in [4.78, 5) is 4.87. The van der Waals surface area contributed by atoms with Crippen molar-refractivity contribution in [3.8, 4) is 11.3 Å². The van der Waals surface area contributed by atoms with E-state index in [1.54, 1.807) is 0 Å². The minimum Gasteiger partial charge on any atom is -1.00 e. The molecule has 5 aromatic rings. The molecule has 2 aromatic heterocycles. The number of fused-ring (bicyclic) bond motifs is 6. The molecule has 0 aliphatic heterocycles. The number of halogens is 1. The molecule has 5 rings (SSSR count). The molecule has 0 saturated heterocycles. The summed E-state index contributed by atoms with van der Waals surface area (Å²) in [6, 6.07) is 23.1. The van der Waals surface area contributed by atoms with E-state index in [4.69, 9.17) is 4.98 Å². The summed E-state index contributed by atoms with van der Waals surface area (Å²) in [5.41, 5.74) is 8.74. The molecule has 0 atom stereocenters. The molecule has 0 radical (unpaired) electrons. The van der Waals surface area contributed by atoms with E-state index in [0.29, 0.717) is 0 Å². The van der Waals surface area contributed by atoms with Crippen LogP contribution in [0, 0.1) is 25.3 Å². The Kier molecular flexibility index (Phi) is 7.09. The first-order valence-corrected chi connectivity index (χ1v) is 10.6. The van der Waals surface area contributed by atoms with Gasteiger partial charge in [-0.2, -0.15) is 0 Å². The fraction of sp³-hybridized carbons (Fsp3) is 0.250. The summed E-state index contributed by atoms with van der Waals surface area (Å²) in [7, 11) is 0. The summed E-state index contributed by atoms with van der Waals surface area (Å²) >= 11 is 0. The van der Waals surface area contributed by atoms with Crippen LogP contribution in [0.1, 0.15) is 37.5 Å². The third-order valence-electron chi connectivity index (χ3n) is 5.91. The molecule has 0 N–H and O–H groups in total. The van der Waals surface area contributed by atoms with Crippen molar-refractivity contribution >= 4 is 50.4 Å². The van der Waals surface area contributed by atoms with Crippen LogP contribution in [0.5, 0.6) is 0 Å². The first-order valence-electron chi connectivity index (χ1n) is 10.6. The van der Waals surface area contributed by atoms with Crippen LogP contribution in [0.2, 0.25) is 0 Å². The van der Waals surface area contributed by atoms with E-state index >= 15 is 0 Å². The summed E-state index contributed by atoms with van der Waals surface area (Å²) in [5, 5.41) is 3.56. The molecular weight excluding hydrogens is 469 g/mol. The molecule has 2 heterocycles. The van der Waals surface area contributed by atoms with E-state index in [0.717, 1.165) is 23.1 Å². The number of aryl methyl sites for hydroxylation is 2. The molecule has 158 valence electrons. The number of benzene rings is 3.